The van der Waals surface area contributed by atoms with Crippen molar-refractivity contribution in [3.8, 4) is 0 Å². The van der Waals surface area contributed by atoms with Gasteiger partial charge in [0.05, 0.1) is 11.0 Å². The maximum atomic E-state index is 12.1. The number of benzene rings is 1. The van der Waals surface area contributed by atoms with E-state index in [2.05, 4.69) is 31.2 Å². The zero-order valence-electron chi connectivity index (χ0n) is 15.2. The zero-order chi connectivity index (χ0) is 19.0. The van der Waals surface area contributed by atoms with Gasteiger partial charge < -0.3 is 15.2 Å². The number of aromatic nitrogens is 2. The molecule has 26 heavy (non-hydrogen) atoms. The van der Waals surface area contributed by atoms with Crippen molar-refractivity contribution < 1.29 is 13.2 Å². The highest BCUT2D eigenvalue weighted by molar-refractivity contribution is 5.79. The summed E-state index contributed by atoms with van der Waals surface area (Å²) in [6, 6.07) is 8.04. The Kier molecular flexibility index (Phi) is 7.29. The van der Waals surface area contributed by atoms with Crippen LogP contribution in [0.3, 0.4) is 0 Å². The van der Waals surface area contributed by atoms with Gasteiger partial charge in [-0.25, -0.2) is 4.98 Å². The molecule has 0 saturated heterocycles. The number of hydrogen-bond donors (Lipinski definition) is 2. The van der Waals surface area contributed by atoms with Crippen LogP contribution in [0.25, 0.3) is 11.0 Å². The van der Waals surface area contributed by atoms with Crippen LogP contribution in [0.5, 0.6) is 0 Å². The Morgan fingerprint density at radius 3 is 2.50 bits per heavy atom. The minimum atomic E-state index is -4.07. The maximum Gasteiger partial charge on any atom is 0.389 e. The lowest BCUT2D eigenvalue weighted by atomic mass is 10.2. The first-order chi connectivity index (χ1) is 12.4. The second-order valence-electron chi connectivity index (χ2n) is 6.15. The van der Waals surface area contributed by atoms with Crippen molar-refractivity contribution in [3.05, 3.63) is 30.1 Å². The first kappa shape index (κ1) is 20.1. The van der Waals surface area contributed by atoms with Crippen LogP contribution in [0.15, 0.2) is 29.3 Å². The Morgan fingerprint density at radius 2 is 1.81 bits per heavy atom. The summed E-state index contributed by atoms with van der Waals surface area (Å²) in [5.74, 6) is 1.60. The molecular formula is C18H26F3N5. The van der Waals surface area contributed by atoms with Crippen LogP contribution in [0.4, 0.5) is 13.2 Å². The fraction of sp³-hybridized carbons (Fsp3) is 0.556. The Bertz CT molecular complexity index is 721. The van der Waals surface area contributed by atoms with E-state index in [9.17, 15) is 13.2 Å². The topological polar surface area (TPSA) is 54.2 Å². The van der Waals surface area contributed by atoms with Crippen LogP contribution in [-0.4, -0.2) is 41.8 Å². The van der Waals surface area contributed by atoms with Gasteiger partial charge in [-0.15, -0.1) is 0 Å². The van der Waals surface area contributed by atoms with E-state index in [0.29, 0.717) is 25.5 Å². The number of nitrogens with one attached hydrogen (secondary N) is 2. The Labute approximate surface area is 151 Å². The maximum absolute atomic E-state index is 12.1. The molecule has 8 heteroatoms. The number of imidazole rings is 1. The highest BCUT2D eigenvalue weighted by atomic mass is 19.4. The van der Waals surface area contributed by atoms with Crippen LogP contribution in [0.2, 0.25) is 0 Å². The highest BCUT2D eigenvalue weighted by Crippen LogP contribution is 2.21. The second-order valence-corrected chi connectivity index (χ2v) is 6.15. The predicted octanol–water partition coefficient (Wildman–Crippen LogP) is 3.63. The number of rotatable bonds is 8. The number of hydrogen-bond acceptors (Lipinski definition) is 2. The van der Waals surface area contributed by atoms with Gasteiger partial charge in [0.1, 0.15) is 5.82 Å². The first-order valence-electron chi connectivity index (χ1n) is 8.84. The molecule has 0 amide bonds. The summed E-state index contributed by atoms with van der Waals surface area (Å²) in [5, 5.41) is 6.23. The van der Waals surface area contributed by atoms with Gasteiger partial charge in [0.2, 0.25) is 0 Å². The van der Waals surface area contributed by atoms with E-state index in [-0.39, 0.29) is 6.42 Å². The molecular weight excluding hydrogens is 343 g/mol. The normalized spacial score (nSPS) is 12.6. The van der Waals surface area contributed by atoms with Gasteiger partial charge in [-0.05, 0) is 38.3 Å². The average Bonchev–Trinajstić information content (AvgIpc) is 2.91. The molecule has 0 saturated carbocycles. The predicted molar refractivity (Wildman–Crippen MR) is 98.4 cm³/mol. The minimum Gasteiger partial charge on any atom is -0.356 e. The molecule has 0 bridgehead atoms. The van der Waals surface area contributed by atoms with E-state index in [1.54, 1.807) is 7.05 Å². The van der Waals surface area contributed by atoms with E-state index in [1.165, 1.54) is 0 Å². The number of aliphatic imine (C=N–C) groups is 1. The third kappa shape index (κ3) is 6.24. The first-order valence-corrected chi connectivity index (χ1v) is 8.84. The Balaban J connectivity index is 1.68. The fourth-order valence-electron chi connectivity index (χ4n) is 2.80. The molecule has 0 radical (unpaired) electrons. The number of guanidine groups is 1. The number of nitrogens with zero attached hydrogens (tertiary/aromatic N) is 3. The molecule has 0 spiro atoms. The van der Waals surface area contributed by atoms with E-state index in [1.807, 2.05) is 25.1 Å². The van der Waals surface area contributed by atoms with Gasteiger partial charge in [-0.2, -0.15) is 13.2 Å². The molecule has 0 unspecified atom stereocenters. The van der Waals surface area contributed by atoms with Crippen molar-refractivity contribution in [3.63, 3.8) is 0 Å². The van der Waals surface area contributed by atoms with Crippen LogP contribution >= 0.6 is 0 Å². The fourth-order valence-corrected chi connectivity index (χ4v) is 2.80. The molecule has 2 aromatic rings. The number of alkyl halides is 3. The van der Waals surface area contributed by atoms with Gasteiger partial charge in [0, 0.05) is 33.1 Å². The largest absolute Gasteiger partial charge is 0.389 e. The van der Waals surface area contributed by atoms with Crippen molar-refractivity contribution in [2.45, 2.75) is 45.3 Å². The van der Waals surface area contributed by atoms with Crippen molar-refractivity contribution in [2.75, 3.05) is 20.1 Å². The molecule has 0 aliphatic rings. The Morgan fingerprint density at radius 1 is 1.12 bits per heavy atom. The van der Waals surface area contributed by atoms with E-state index < -0.39 is 12.6 Å². The molecule has 0 aliphatic carbocycles. The van der Waals surface area contributed by atoms with Gasteiger partial charge in [-0.1, -0.05) is 12.1 Å². The number of para-hydroxylation sites is 2. The molecule has 1 aromatic heterocycles. The lowest BCUT2D eigenvalue weighted by molar-refractivity contribution is -0.135. The molecule has 1 aromatic carbocycles. The van der Waals surface area contributed by atoms with Crippen molar-refractivity contribution in [2.24, 2.45) is 4.99 Å². The summed E-state index contributed by atoms with van der Waals surface area (Å²) in [6.45, 7) is 4.02. The lowest BCUT2D eigenvalue weighted by Gasteiger charge is -2.13. The van der Waals surface area contributed by atoms with E-state index in [0.717, 1.165) is 29.8 Å². The lowest BCUT2D eigenvalue weighted by Crippen LogP contribution is -2.38. The molecule has 5 nitrogen and oxygen atoms in total. The summed E-state index contributed by atoms with van der Waals surface area (Å²) < 4.78 is 38.5. The zero-order valence-corrected chi connectivity index (χ0v) is 15.2. The molecule has 0 aliphatic heterocycles. The van der Waals surface area contributed by atoms with Gasteiger partial charge in [0.25, 0.3) is 0 Å². The summed E-state index contributed by atoms with van der Waals surface area (Å²) in [6.07, 6.45) is -3.34. The number of halogens is 3. The number of fused-ring (bicyclic) bond motifs is 1. The minimum absolute atomic E-state index is 0.125. The smallest absolute Gasteiger partial charge is 0.356 e. The van der Waals surface area contributed by atoms with Crippen molar-refractivity contribution in [1.29, 1.82) is 0 Å². The molecule has 144 valence electrons. The third-order valence-corrected chi connectivity index (χ3v) is 4.10. The summed E-state index contributed by atoms with van der Waals surface area (Å²) in [5.41, 5.74) is 2.12. The summed E-state index contributed by atoms with van der Waals surface area (Å²) in [4.78, 5) is 8.63. The number of unbranched alkanes of at least 4 members (excludes halogenated alkanes) is 1. The third-order valence-electron chi connectivity index (χ3n) is 4.10. The molecule has 2 rings (SSSR count). The molecule has 1 heterocycles. The highest BCUT2D eigenvalue weighted by Gasteiger charge is 2.25. The van der Waals surface area contributed by atoms with Crippen LogP contribution < -0.4 is 10.6 Å². The summed E-state index contributed by atoms with van der Waals surface area (Å²) >= 11 is 0. The van der Waals surface area contributed by atoms with Gasteiger partial charge in [0.15, 0.2) is 5.96 Å². The molecule has 2 N–H and O–H groups in total. The second kappa shape index (κ2) is 9.45. The van der Waals surface area contributed by atoms with E-state index >= 15 is 0 Å². The van der Waals surface area contributed by atoms with Crippen LogP contribution in [0.1, 0.15) is 31.5 Å². The van der Waals surface area contributed by atoms with Gasteiger partial charge in [-0.3, -0.25) is 4.99 Å². The monoisotopic (exact) mass is 369 g/mol. The SMILES string of the molecule is CN=C(NCCCCC(F)(F)F)NCCCn1c(C)nc2ccccc21. The Hall–Kier alpha value is -2.25. The molecule has 0 fully saturated rings. The van der Waals surface area contributed by atoms with Gasteiger partial charge >= 0.3 is 6.18 Å². The van der Waals surface area contributed by atoms with Crippen LogP contribution in [-0.2, 0) is 6.54 Å². The van der Waals surface area contributed by atoms with Crippen molar-refractivity contribution >= 4 is 17.0 Å². The summed E-state index contributed by atoms with van der Waals surface area (Å²) in [7, 11) is 1.65. The van der Waals surface area contributed by atoms with E-state index in [4.69, 9.17) is 0 Å². The number of aryl methyl sites for hydroxylation is 2. The molecule has 0 atom stereocenters. The van der Waals surface area contributed by atoms with Crippen molar-refractivity contribution in [1.82, 2.24) is 20.2 Å². The quantitative estimate of drug-likeness (QED) is 0.424. The average molecular weight is 369 g/mol. The standard InChI is InChI=1S/C18H26F3N5/c1-14-25-15-8-3-4-9-16(15)26(14)13-7-12-24-17(22-2)23-11-6-5-10-18(19,20)21/h3-4,8-9H,5-7,10-13H2,1-2H3,(H2,22,23,24). The van der Waals surface area contributed by atoms with Crippen LogP contribution in [0, 0.1) is 6.92 Å².